The predicted octanol–water partition coefficient (Wildman–Crippen LogP) is 2.49. The van der Waals surface area contributed by atoms with Crippen molar-refractivity contribution in [2.75, 3.05) is 13.6 Å². The molecule has 0 amide bonds. The average Bonchev–Trinajstić information content (AvgIpc) is 2.84. The molecule has 0 radical (unpaired) electrons. The van der Waals surface area contributed by atoms with Gasteiger partial charge in [0.2, 0.25) is 0 Å². The zero-order valence-electron chi connectivity index (χ0n) is 12.2. The summed E-state index contributed by atoms with van der Waals surface area (Å²) in [6.07, 6.45) is 2.68. The monoisotopic (exact) mass is 312 g/mol. The molecular weight excluding hydrogens is 291 g/mol. The summed E-state index contributed by atoms with van der Waals surface area (Å²) in [6, 6.07) is 8.06. The highest BCUT2D eigenvalue weighted by Gasteiger charge is 2.24. The topological polar surface area (TPSA) is 85.8 Å². The van der Waals surface area contributed by atoms with Crippen LogP contribution in [0.5, 0.6) is 0 Å². The molecule has 0 aliphatic rings. The van der Waals surface area contributed by atoms with Crippen molar-refractivity contribution in [3.8, 4) is 0 Å². The van der Waals surface area contributed by atoms with E-state index in [4.69, 9.17) is 14.3 Å². The van der Waals surface area contributed by atoms with Gasteiger partial charge in [-0.2, -0.15) is 0 Å². The highest BCUT2D eigenvalue weighted by Crippen LogP contribution is 2.38. The summed E-state index contributed by atoms with van der Waals surface area (Å²) < 4.78 is 15.7. The van der Waals surface area contributed by atoms with Gasteiger partial charge >= 0.3 is 7.82 Å². The van der Waals surface area contributed by atoms with Crippen molar-refractivity contribution < 1.29 is 18.9 Å². The van der Waals surface area contributed by atoms with Crippen LogP contribution in [0.25, 0.3) is 10.9 Å². The van der Waals surface area contributed by atoms with E-state index < -0.39 is 14.1 Å². The molecule has 0 spiro atoms. The van der Waals surface area contributed by atoms with E-state index in [9.17, 15) is 4.57 Å². The van der Waals surface area contributed by atoms with Crippen LogP contribution in [-0.2, 0) is 15.5 Å². The summed E-state index contributed by atoms with van der Waals surface area (Å²) >= 11 is 0. The van der Waals surface area contributed by atoms with E-state index in [1.54, 1.807) is 7.05 Å². The number of benzene rings is 1. The van der Waals surface area contributed by atoms with Gasteiger partial charge in [-0.15, -0.1) is 0 Å². The number of aromatic nitrogens is 1. The lowest BCUT2D eigenvalue weighted by Crippen LogP contribution is -2.34. The Morgan fingerprint density at radius 3 is 2.76 bits per heavy atom. The maximum absolute atomic E-state index is 11.0. The lowest BCUT2D eigenvalue weighted by molar-refractivity contribution is 0.0172. The minimum absolute atomic E-state index is 0.509. The molecule has 1 aromatic heterocycles. The second-order valence-corrected chi connectivity index (χ2v) is 6.24. The fraction of sp³-hybridized carbons (Fsp3) is 0.429. The van der Waals surface area contributed by atoms with Gasteiger partial charge in [0.1, 0.15) is 6.23 Å². The Bertz CT molecular complexity index is 637. The molecule has 2 aromatic rings. The second kappa shape index (κ2) is 6.73. The van der Waals surface area contributed by atoms with Gasteiger partial charge in [0.25, 0.3) is 0 Å². The summed E-state index contributed by atoms with van der Waals surface area (Å²) in [5.74, 6) is 0. The molecule has 7 heteroatoms. The summed E-state index contributed by atoms with van der Waals surface area (Å²) in [7, 11) is -2.66. The van der Waals surface area contributed by atoms with E-state index in [0.29, 0.717) is 13.0 Å². The number of H-pyrrole nitrogens is 1. The lowest BCUT2D eigenvalue weighted by atomic mass is 10.1. The number of hydrogen-bond acceptors (Lipinski definition) is 3. The Balaban J connectivity index is 1.99. The molecule has 1 heterocycles. The number of likely N-dealkylation sites (N-methyl/N-ethyl adjacent to an activating group) is 1. The Morgan fingerprint density at radius 2 is 2.10 bits per heavy atom. The molecule has 0 saturated carbocycles. The minimum atomic E-state index is -4.46. The largest absolute Gasteiger partial charge is 0.471 e. The molecule has 1 atom stereocenters. The molecule has 6 nitrogen and oxygen atoms in total. The van der Waals surface area contributed by atoms with Crippen molar-refractivity contribution in [3.63, 3.8) is 0 Å². The van der Waals surface area contributed by atoms with Crippen LogP contribution < -0.4 is 0 Å². The standard InChI is InChI=1S/C14H21N2O4P/c1-3-14(20-21(17,18)19)16(2)9-8-11-10-15-13-7-5-4-6-12(11)13/h4-7,10,14-15H,3,8-9H2,1-2H3,(H2,17,18,19). The maximum atomic E-state index is 11.0. The fourth-order valence-corrected chi connectivity index (χ4v) is 3.03. The van der Waals surface area contributed by atoms with E-state index in [2.05, 4.69) is 11.1 Å². The third-order valence-electron chi connectivity index (χ3n) is 3.51. The Morgan fingerprint density at radius 1 is 1.38 bits per heavy atom. The molecule has 2 rings (SSSR count). The lowest BCUT2D eigenvalue weighted by Gasteiger charge is -2.26. The quantitative estimate of drug-likeness (QED) is 0.540. The highest BCUT2D eigenvalue weighted by atomic mass is 31.2. The zero-order valence-corrected chi connectivity index (χ0v) is 13.1. The molecule has 3 N–H and O–H groups in total. The van der Waals surface area contributed by atoms with E-state index in [1.165, 1.54) is 10.9 Å². The molecule has 1 unspecified atom stereocenters. The van der Waals surface area contributed by atoms with Crippen molar-refractivity contribution in [3.05, 3.63) is 36.0 Å². The zero-order chi connectivity index (χ0) is 15.5. The van der Waals surface area contributed by atoms with Gasteiger partial charge in [0.15, 0.2) is 0 Å². The summed E-state index contributed by atoms with van der Waals surface area (Å²) in [5.41, 5.74) is 2.28. The first-order chi connectivity index (χ1) is 9.90. The Labute approximate surface area is 124 Å². The maximum Gasteiger partial charge on any atom is 0.471 e. The normalized spacial score (nSPS) is 14.0. The third-order valence-corrected chi connectivity index (χ3v) is 4.03. The van der Waals surface area contributed by atoms with Crippen molar-refractivity contribution in [1.29, 1.82) is 0 Å². The van der Waals surface area contributed by atoms with Crippen LogP contribution in [0.4, 0.5) is 0 Å². The van der Waals surface area contributed by atoms with Crippen molar-refractivity contribution >= 4 is 18.7 Å². The van der Waals surface area contributed by atoms with Gasteiger partial charge in [0, 0.05) is 23.6 Å². The van der Waals surface area contributed by atoms with Crippen LogP contribution in [-0.4, -0.2) is 39.5 Å². The Hall–Kier alpha value is -1.17. The van der Waals surface area contributed by atoms with E-state index in [-0.39, 0.29) is 0 Å². The van der Waals surface area contributed by atoms with Gasteiger partial charge < -0.3 is 14.8 Å². The van der Waals surface area contributed by atoms with Crippen molar-refractivity contribution in [1.82, 2.24) is 9.88 Å². The number of para-hydroxylation sites is 1. The van der Waals surface area contributed by atoms with E-state index in [0.717, 1.165) is 11.9 Å². The van der Waals surface area contributed by atoms with Gasteiger partial charge in [-0.05, 0) is 31.5 Å². The number of fused-ring (bicyclic) bond motifs is 1. The summed E-state index contributed by atoms with van der Waals surface area (Å²) in [6.45, 7) is 2.49. The van der Waals surface area contributed by atoms with Crippen LogP contribution in [0.15, 0.2) is 30.5 Å². The SMILES string of the molecule is CCC(OP(=O)(O)O)N(C)CCc1c[nH]c2ccccc12. The number of phosphoric ester groups is 1. The van der Waals surface area contributed by atoms with Crippen LogP contribution in [0.2, 0.25) is 0 Å². The smallest absolute Gasteiger partial charge is 0.361 e. The first kappa shape index (κ1) is 16.2. The Kier molecular flexibility index (Phi) is 5.19. The highest BCUT2D eigenvalue weighted by molar-refractivity contribution is 7.46. The minimum Gasteiger partial charge on any atom is -0.361 e. The predicted molar refractivity (Wildman–Crippen MR) is 81.8 cm³/mol. The van der Waals surface area contributed by atoms with Crippen LogP contribution in [0.3, 0.4) is 0 Å². The van der Waals surface area contributed by atoms with Crippen molar-refractivity contribution in [2.45, 2.75) is 26.0 Å². The molecule has 0 aliphatic carbocycles. The molecule has 0 bridgehead atoms. The molecule has 1 aromatic carbocycles. The van der Waals surface area contributed by atoms with Gasteiger partial charge in [0.05, 0.1) is 0 Å². The first-order valence-corrected chi connectivity index (χ1v) is 8.43. The van der Waals surface area contributed by atoms with Crippen LogP contribution in [0, 0.1) is 0 Å². The average molecular weight is 312 g/mol. The van der Waals surface area contributed by atoms with Gasteiger partial charge in [-0.1, -0.05) is 25.1 Å². The fourth-order valence-electron chi connectivity index (χ4n) is 2.40. The number of hydrogen-bond donors (Lipinski definition) is 3. The molecular formula is C14H21N2O4P. The van der Waals surface area contributed by atoms with E-state index >= 15 is 0 Å². The number of nitrogens with one attached hydrogen (secondary N) is 1. The number of rotatable bonds is 7. The molecule has 0 aliphatic heterocycles. The number of aromatic amines is 1. The summed E-state index contributed by atoms with van der Waals surface area (Å²) in [5, 5.41) is 1.18. The van der Waals surface area contributed by atoms with Gasteiger partial charge in [-0.3, -0.25) is 9.42 Å². The van der Waals surface area contributed by atoms with Crippen LogP contribution in [0.1, 0.15) is 18.9 Å². The molecule has 116 valence electrons. The third kappa shape index (κ3) is 4.40. The second-order valence-electron chi connectivity index (χ2n) is 5.05. The molecule has 0 saturated heterocycles. The molecule has 0 fully saturated rings. The molecule has 21 heavy (non-hydrogen) atoms. The van der Waals surface area contributed by atoms with Crippen molar-refractivity contribution in [2.24, 2.45) is 0 Å². The number of nitrogens with zero attached hydrogens (tertiary/aromatic N) is 1. The van der Waals surface area contributed by atoms with E-state index in [1.807, 2.05) is 36.2 Å². The first-order valence-electron chi connectivity index (χ1n) is 6.90. The summed E-state index contributed by atoms with van der Waals surface area (Å²) in [4.78, 5) is 22.9. The van der Waals surface area contributed by atoms with Gasteiger partial charge in [-0.25, -0.2) is 4.57 Å². The van der Waals surface area contributed by atoms with Crippen LogP contribution >= 0.6 is 7.82 Å². The number of phosphoric acid groups is 1.